The summed E-state index contributed by atoms with van der Waals surface area (Å²) in [5, 5.41) is 15.2. The van der Waals surface area contributed by atoms with E-state index in [4.69, 9.17) is 16.3 Å². The Bertz CT molecular complexity index is 1900. The van der Waals surface area contributed by atoms with Gasteiger partial charge in [0.1, 0.15) is 5.82 Å². The first-order chi connectivity index (χ1) is 20.9. The Labute approximate surface area is 253 Å². The number of phenols is 1. The predicted molar refractivity (Wildman–Crippen MR) is 167 cm³/mol. The maximum Gasteiger partial charge on any atom is 0.259 e. The van der Waals surface area contributed by atoms with Crippen LogP contribution in [0, 0.1) is 0 Å². The highest BCUT2D eigenvalue weighted by atomic mass is 35.5. The van der Waals surface area contributed by atoms with Crippen LogP contribution in [-0.2, 0) is 7.05 Å². The fraction of sp³-hybridized carbons (Fsp3) is 0.242. The Kier molecular flexibility index (Phi) is 6.91. The number of anilines is 1. The third-order valence-corrected chi connectivity index (χ3v) is 8.77. The van der Waals surface area contributed by atoms with Gasteiger partial charge >= 0.3 is 0 Å². The van der Waals surface area contributed by atoms with Crippen molar-refractivity contribution in [2.75, 3.05) is 44.2 Å². The number of hydrogen-bond acceptors (Lipinski definition) is 7. The minimum absolute atomic E-state index is 0.0161. The normalized spacial score (nSPS) is 15.3. The van der Waals surface area contributed by atoms with E-state index in [1.54, 1.807) is 18.2 Å². The van der Waals surface area contributed by atoms with Crippen LogP contribution in [0.1, 0.15) is 27.1 Å². The van der Waals surface area contributed by atoms with Crippen molar-refractivity contribution in [1.29, 1.82) is 0 Å². The number of nitrogens with zero attached hydrogens (tertiary/aromatic N) is 4. The number of imide groups is 1. The minimum atomic E-state index is -0.466. The van der Waals surface area contributed by atoms with Crippen LogP contribution in [-0.4, -0.2) is 70.7 Å². The second-order valence-corrected chi connectivity index (χ2v) is 11.4. The summed E-state index contributed by atoms with van der Waals surface area (Å²) < 4.78 is 8.01. The van der Waals surface area contributed by atoms with Crippen molar-refractivity contribution in [3.63, 3.8) is 0 Å². The molecule has 218 valence electrons. The van der Waals surface area contributed by atoms with Crippen LogP contribution in [0.3, 0.4) is 0 Å². The summed E-state index contributed by atoms with van der Waals surface area (Å²) in [6.07, 6.45) is 2.64. The number of ether oxygens (including phenoxy) is 1. The first-order valence-electron chi connectivity index (χ1n) is 14.3. The van der Waals surface area contributed by atoms with E-state index >= 15 is 0 Å². The van der Waals surface area contributed by atoms with Gasteiger partial charge < -0.3 is 19.3 Å². The van der Waals surface area contributed by atoms with E-state index in [9.17, 15) is 14.7 Å². The van der Waals surface area contributed by atoms with Gasteiger partial charge in [-0.1, -0.05) is 35.9 Å². The molecule has 0 saturated carbocycles. The van der Waals surface area contributed by atoms with Gasteiger partial charge in [0.05, 0.1) is 28.8 Å². The second-order valence-electron chi connectivity index (χ2n) is 10.9. The van der Waals surface area contributed by atoms with Crippen LogP contribution in [0.15, 0.2) is 66.9 Å². The largest absolute Gasteiger partial charge is 0.504 e. The van der Waals surface area contributed by atoms with Crippen molar-refractivity contribution in [1.82, 2.24) is 19.8 Å². The lowest BCUT2D eigenvalue weighted by Gasteiger charge is -2.35. The molecule has 4 heterocycles. The van der Waals surface area contributed by atoms with E-state index < -0.39 is 11.8 Å². The Balaban J connectivity index is 1.13. The number of halogens is 1. The number of pyridine rings is 1. The first kappa shape index (κ1) is 27.2. The average Bonchev–Trinajstić information content (AvgIpc) is 3.47. The van der Waals surface area contributed by atoms with Crippen molar-refractivity contribution < 1.29 is 19.4 Å². The minimum Gasteiger partial charge on any atom is -0.504 e. The molecule has 0 spiro atoms. The van der Waals surface area contributed by atoms with Gasteiger partial charge in [-0.2, -0.15) is 0 Å². The van der Waals surface area contributed by atoms with Crippen LogP contribution in [0.5, 0.6) is 11.5 Å². The smallest absolute Gasteiger partial charge is 0.259 e. The highest BCUT2D eigenvalue weighted by Crippen LogP contribution is 2.44. The molecule has 10 heteroatoms. The molecule has 3 aromatic carbocycles. The molecule has 0 unspecified atom stereocenters. The average molecular weight is 596 g/mol. The molecule has 1 saturated heterocycles. The molecule has 2 aliphatic rings. The SMILES string of the molecule is Cn1c2cc(OCCCN3CCN(c4ccccn4)CC3)c(O)cc2c2c3c(c(-c4ccccc4Cl)cc21)C(=O)NC3=O. The van der Waals surface area contributed by atoms with Crippen molar-refractivity contribution in [2.24, 2.45) is 7.05 Å². The third kappa shape index (κ3) is 4.74. The van der Waals surface area contributed by atoms with E-state index in [2.05, 4.69) is 20.1 Å². The quantitative estimate of drug-likeness (QED) is 0.196. The highest BCUT2D eigenvalue weighted by Gasteiger charge is 2.35. The number of carbonyl (C=O) groups is 2. The maximum absolute atomic E-state index is 13.1. The predicted octanol–water partition coefficient (Wildman–Crippen LogP) is 5.23. The van der Waals surface area contributed by atoms with E-state index in [0.717, 1.165) is 56.0 Å². The van der Waals surface area contributed by atoms with Gasteiger partial charge in [-0.15, -0.1) is 0 Å². The van der Waals surface area contributed by atoms with E-state index in [0.29, 0.717) is 50.4 Å². The van der Waals surface area contributed by atoms with Gasteiger partial charge in [0, 0.05) is 73.4 Å². The molecular formula is C33H30ClN5O4. The number of aromatic nitrogens is 2. The molecule has 2 amide bonds. The molecule has 43 heavy (non-hydrogen) atoms. The molecule has 1 fully saturated rings. The van der Waals surface area contributed by atoms with Crippen LogP contribution in [0.2, 0.25) is 5.02 Å². The molecule has 0 aliphatic carbocycles. The Morgan fingerprint density at radius 2 is 1.70 bits per heavy atom. The number of piperazine rings is 1. The number of fused-ring (bicyclic) bond motifs is 5. The topological polar surface area (TPSA) is 99.9 Å². The summed E-state index contributed by atoms with van der Waals surface area (Å²) in [6.45, 7) is 5.13. The Morgan fingerprint density at radius 1 is 0.930 bits per heavy atom. The number of amides is 2. The molecule has 7 rings (SSSR count). The summed E-state index contributed by atoms with van der Waals surface area (Å²) in [7, 11) is 1.90. The standard InChI is InChI=1S/C33H30ClN5O4/c1-37-24-19-27(43-16-6-11-38-12-14-39(15-13-38)28-9-4-5-10-35-28)26(40)18-22(24)29-25(37)17-21(20-7-2-3-8-23(20)34)30-31(29)33(42)36-32(30)41/h2-5,7-10,17-19,40H,6,11-16H2,1H3,(H,36,41,42). The lowest BCUT2D eigenvalue weighted by Crippen LogP contribution is -2.47. The molecule has 2 aromatic heterocycles. The van der Waals surface area contributed by atoms with E-state index in [-0.39, 0.29) is 5.75 Å². The van der Waals surface area contributed by atoms with Gasteiger partial charge in [-0.3, -0.25) is 19.8 Å². The van der Waals surface area contributed by atoms with Gasteiger partial charge in [0.15, 0.2) is 11.5 Å². The zero-order chi connectivity index (χ0) is 29.7. The first-order valence-corrected chi connectivity index (χ1v) is 14.7. The summed E-state index contributed by atoms with van der Waals surface area (Å²) in [5.74, 6) is 0.449. The van der Waals surface area contributed by atoms with Gasteiger partial charge in [-0.05, 0) is 42.3 Å². The Hall–Kier alpha value is -4.60. The van der Waals surface area contributed by atoms with Crippen molar-refractivity contribution >= 4 is 51.0 Å². The summed E-state index contributed by atoms with van der Waals surface area (Å²) in [4.78, 5) is 35.2. The zero-order valence-corrected chi connectivity index (χ0v) is 24.4. The number of nitrogens with one attached hydrogen (secondary N) is 1. The molecule has 2 N–H and O–H groups in total. The number of hydrogen-bond donors (Lipinski definition) is 2. The monoisotopic (exact) mass is 595 g/mol. The van der Waals surface area contributed by atoms with Gasteiger partial charge in [0.2, 0.25) is 0 Å². The van der Waals surface area contributed by atoms with E-state index in [1.807, 2.05) is 60.3 Å². The van der Waals surface area contributed by atoms with Crippen LogP contribution < -0.4 is 15.0 Å². The molecule has 0 atom stereocenters. The van der Waals surface area contributed by atoms with Crippen LogP contribution >= 0.6 is 11.6 Å². The molecule has 5 aromatic rings. The van der Waals surface area contributed by atoms with Gasteiger partial charge in [0.25, 0.3) is 11.8 Å². The fourth-order valence-corrected chi connectivity index (χ4v) is 6.52. The van der Waals surface area contributed by atoms with Crippen molar-refractivity contribution in [2.45, 2.75) is 6.42 Å². The lowest BCUT2D eigenvalue weighted by molar-refractivity contribution is 0.0880. The molecule has 0 radical (unpaired) electrons. The Morgan fingerprint density at radius 3 is 2.47 bits per heavy atom. The van der Waals surface area contributed by atoms with Crippen molar-refractivity contribution in [3.05, 3.63) is 83.0 Å². The lowest BCUT2D eigenvalue weighted by atomic mass is 9.93. The van der Waals surface area contributed by atoms with Crippen LogP contribution in [0.25, 0.3) is 32.9 Å². The number of carbonyl (C=O) groups excluding carboxylic acids is 2. The summed E-state index contributed by atoms with van der Waals surface area (Å²) >= 11 is 6.52. The molecule has 0 bridgehead atoms. The molecular weight excluding hydrogens is 566 g/mol. The third-order valence-electron chi connectivity index (χ3n) is 8.44. The fourth-order valence-electron chi connectivity index (χ4n) is 6.28. The van der Waals surface area contributed by atoms with Crippen LogP contribution in [0.4, 0.5) is 5.82 Å². The van der Waals surface area contributed by atoms with Crippen molar-refractivity contribution in [3.8, 4) is 22.6 Å². The molecule has 9 nitrogen and oxygen atoms in total. The highest BCUT2D eigenvalue weighted by molar-refractivity contribution is 6.36. The second kappa shape index (κ2) is 10.9. The van der Waals surface area contributed by atoms with Gasteiger partial charge in [-0.25, -0.2) is 4.98 Å². The summed E-state index contributed by atoms with van der Waals surface area (Å²) in [6, 6.07) is 18.5. The number of benzene rings is 3. The molecule has 2 aliphatic heterocycles. The van der Waals surface area contributed by atoms with E-state index in [1.165, 1.54) is 0 Å². The number of aromatic hydroxyl groups is 1. The summed E-state index contributed by atoms with van der Waals surface area (Å²) in [5.41, 5.74) is 3.36. The zero-order valence-electron chi connectivity index (χ0n) is 23.6. The number of rotatable bonds is 7. The number of aryl methyl sites for hydroxylation is 1. The maximum atomic E-state index is 13.1. The number of phenolic OH excluding ortho intramolecular Hbond substituents is 1.